The predicted octanol–water partition coefficient (Wildman–Crippen LogP) is 13.4. The molecule has 4 amide bonds. The Balaban J connectivity index is 1.64. The number of nitrogens with one attached hydrogen (secondary N) is 2. The fourth-order valence-electron chi connectivity index (χ4n) is 8.82. The summed E-state index contributed by atoms with van der Waals surface area (Å²) in [5.41, 5.74) is 1.42. The van der Waals surface area contributed by atoms with Crippen molar-refractivity contribution in [2.75, 3.05) is 44.4 Å². The van der Waals surface area contributed by atoms with Gasteiger partial charge in [0, 0.05) is 38.0 Å². The number of rotatable bonds is 50. The zero-order valence-electron chi connectivity index (χ0n) is 46.3. The lowest BCUT2D eigenvalue weighted by Crippen LogP contribution is -2.32. The Bertz CT molecular complexity index is 1760. The largest absolute Gasteiger partial charge is 0.472 e. The van der Waals surface area contributed by atoms with Crippen LogP contribution in [0.5, 0.6) is 0 Å². The molecule has 0 saturated heterocycles. The van der Waals surface area contributed by atoms with Crippen LogP contribution in [0, 0.1) is 0 Å². The molecule has 1 heterocycles. The van der Waals surface area contributed by atoms with E-state index in [2.05, 4.69) is 24.5 Å². The number of phosphoric ester groups is 1. The average molecular weight is 1080 g/mol. The summed E-state index contributed by atoms with van der Waals surface area (Å²) in [5, 5.41) is 5.07. The third-order valence-corrected chi connectivity index (χ3v) is 14.3. The van der Waals surface area contributed by atoms with Gasteiger partial charge >= 0.3 is 25.9 Å². The summed E-state index contributed by atoms with van der Waals surface area (Å²) in [6, 6.07) is 6.98. The molecule has 16 nitrogen and oxygen atoms in total. The lowest BCUT2D eigenvalue weighted by atomic mass is 10.0. The van der Waals surface area contributed by atoms with Crippen LogP contribution < -0.4 is 15.5 Å². The summed E-state index contributed by atoms with van der Waals surface area (Å²) in [6.07, 6.45) is 38.5. The number of phosphoric acid groups is 1. The van der Waals surface area contributed by atoms with Crippen molar-refractivity contribution in [1.82, 2.24) is 10.6 Å². The average Bonchev–Trinajstić information content (AvgIpc) is 3.73. The van der Waals surface area contributed by atoms with Gasteiger partial charge in [-0.25, -0.2) is 14.3 Å². The van der Waals surface area contributed by atoms with Crippen LogP contribution in [-0.2, 0) is 58.2 Å². The first-order valence-electron chi connectivity index (χ1n) is 29.2. The molecule has 428 valence electrons. The van der Waals surface area contributed by atoms with E-state index >= 15 is 0 Å². The number of nitrogens with zero attached hydrogens (tertiary/aromatic N) is 1. The molecule has 1 aliphatic heterocycles. The quantitative estimate of drug-likeness (QED) is 0.0182. The topological polar surface area (TPSA) is 213 Å². The highest BCUT2D eigenvalue weighted by Gasteiger charge is 2.27. The number of esters is 2. The van der Waals surface area contributed by atoms with E-state index in [0.29, 0.717) is 31.4 Å². The second kappa shape index (κ2) is 45.0. The highest BCUT2D eigenvalue weighted by Crippen LogP contribution is 2.43. The minimum Gasteiger partial charge on any atom is -0.462 e. The van der Waals surface area contributed by atoms with Crippen LogP contribution >= 0.6 is 7.82 Å². The number of carbonyl (C=O) groups excluding carboxylic acids is 6. The van der Waals surface area contributed by atoms with E-state index in [-0.39, 0.29) is 63.3 Å². The Morgan fingerprint density at radius 3 is 1.44 bits per heavy atom. The van der Waals surface area contributed by atoms with E-state index in [9.17, 15) is 38.2 Å². The van der Waals surface area contributed by atoms with Crippen molar-refractivity contribution in [2.45, 2.75) is 245 Å². The maximum absolute atomic E-state index is 12.9. The maximum Gasteiger partial charge on any atom is 0.472 e. The number of aryl methyl sites for hydroxylation is 1. The molecule has 1 aliphatic rings. The molecule has 1 unspecified atom stereocenters. The van der Waals surface area contributed by atoms with Crippen molar-refractivity contribution < 1.29 is 61.5 Å². The Morgan fingerprint density at radius 2 is 0.960 bits per heavy atom. The molecule has 1 aromatic carbocycles. The number of anilines is 1. The van der Waals surface area contributed by atoms with E-state index in [1.54, 1.807) is 24.3 Å². The smallest absolute Gasteiger partial charge is 0.462 e. The molecule has 0 saturated carbocycles. The maximum atomic E-state index is 12.9. The van der Waals surface area contributed by atoms with E-state index in [1.807, 2.05) is 0 Å². The lowest BCUT2D eigenvalue weighted by molar-refractivity contribution is -0.161. The van der Waals surface area contributed by atoms with E-state index in [0.717, 1.165) is 49.0 Å². The number of alkyl carbamates (subject to hydrolysis) is 1. The fraction of sp³-hybridized carbons (Fsp3) is 0.759. The van der Waals surface area contributed by atoms with Crippen molar-refractivity contribution in [3.8, 4) is 0 Å². The van der Waals surface area contributed by atoms with Gasteiger partial charge in [-0.05, 0) is 43.4 Å². The molecule has 0 radical (unpaired) electrons. The second-order valence-electron chi connectivity index (χ2n) is 20.1. The molecule has 0 aromatic heterocycles. The number of benzene rings is 1. The number of hydrogen-bond donors (Lipinski definition) is 3. The third kappa shape index (κ3) is 37.3. The molecular formula is C58H98N3O13P. The highest BCUT2D eigenvalue weighted by molar-refractivity contribution is 7.47. The van der Waals surface area contributed by atoms with Crippen LogP contribution in [-0.4, -0.2) is 86.3 Å². The normalized spacial score (nSPS) is 13.5. The highest BCUT2D eigenvalue weighted by atomic mass is 31.2. The molecule has 0 fully saturated rings. The molecule has 75 heavy (non-hydrogen) atoms. The number of imide groups is 1. The molecule has 1 aromatic rings. The van der Waals surface area contributed by atoms with Crippen LogP contribution in [0.15, 0.2) is 36.4 Å². The predicted molar refractivity (Wildman–Crippen MR) is 295 cm³/mol. The van der Waals surface area contributed by atoms with Crippen molar-refractivity contribution >= 4 is 49.3 Å². The van der Waals surface area contributed by atoms with Gasteiger partial charge in [0.1, 0.15) is 13.2 Å². The van der Waals surface area contributed by atoms with Gasteiger partial charge in [0.15, 0.2) is 6.10 Å². The van der Waals surface area contributed by atoms with Gasteiger partial charge in [0.25, 0.3) is 11.8 Å². The number of unbranched alkanes of at least 4 members (excludes halogenated alkanes) is 28. The molecule has 17 heteroatoms. The van der Waals surface area contributed by atoms with Gasteiger partial charge in [0.05, 0.1) is 25.4 Å². The summed E-state index contributed by atoms with van der Waals surface area (Å²) >= 11 is 0. The van der Waals surface area contributed by atoms with Gasteiger partial charge in [-0.1, -0.05) is 206 Å². The zero-order valence-corrected chi connectivity index (χ0v) is 47.2. The molecule has 2 atom stereocenters. The standard InChI is InChI=1S/C58H98N3O13P/c1-3-5-7-9-11-13-15-17-19-21-23-25-27-29-31-36-56(65)71-48-52(74-57(66)37-32-30-28-26-24-22-20-18-16-14-12-10-8-6-4-2)49-73-75(68,69)72-47-45-60-58(67)70-46-44-59-53(62)35-33-34-50-38-40-51(41-39-50)61-54(63)42-43-55(61)64/h38-43,52H,3-37,44-49H2,1-2H3,(H,59,62)(H,60,67)(H,68,69)/t52-/m1/s1. The van der Waals surface area contributed by atoms with Crippen LogP contribution in [0.25, 0.3) is 0 Å². The molecular weight excluding hydrogens is 978 g/mol. The zero-order chi connectivity index (χ0) is 54.5. The van der Waals surface area contributed by atoms with Gasteiger partial charge < -0.3 is 29.7 Å². The molecule has 0 spiro atoms. The minimum absolute atomic E-state index is 0.0725. The second-order valence-corrected chi connectivity index (χ2v) is 21.5. The summed E-state index contributed by atoms with van der Waals surface area (Å²) in [4.78, 5) is 85.2. The molecule has 0 aliphatic carbocycles. The summed E-state index contributed by atoms with van der Waals surface area (Å²) < 4.78 is 39.0. The Morgan fingerprint density at radius 1 is 0.520 bits per heavy atom. The monoisotopic (exact) mass is 1080 g/mol. The number of amides is 4. The minimum atomic E-state index is -4.67. The van der Waals surface area contributed by atoms with E-state index in [4.69, 9.17) is 23.3 Å². The summed E-state index contributed by atoms with van der Waals surface area (Å²) in [7, 11) is -4.67. The molecule has 0 bridgehead atoms. The number of carbonyl (C=O) groups is 6. The third-order valence-electron chi connectivity index (χ3n) is 13.3. The first-order chi connectivity index (χ1) is 36.4. The lowest BCUT2D eigenvalue weighted by Gasteiger charge is -2.20. The number of ether oxygens (including phenoxy) is 3. The first kappa shape index (κ1) is 67.0. The summed E-state index contributed by atoms with van der Waals surface area (Å²) in [5.74, 6) is -1.96. The molecule has 3 N–H and O–H groups in total. The van der Waals surface area contributed by atoms with Crippen LogP contribution in [0.1, 0.15) is 238 Å². The fourth-order valence-corrected chi connectivity index (χ4v) is 9.57. The van der Waals surface area contributed by atoms with Crippen LogP contribution in [0.3, 0.4) is 0 Å². The van der Waals surface area contributed by atoms with Gasteiger partial charge in [-0.15, -0.1) is 0 Å². The van der Waals surface area contributed by atoms with E-state index in [1.165, 1.54) is 153 Å². The van der Waals surface area contributed by atoms with E-state index < -0.39 is 45.2 Å². The van der Waals surface area contributed by atoms with Crippen molar-refractivity contribution in [1.29, 1.82) is 0 Å². The van der Waals surface area contributed by atoms with Gasteiger partial charge in [-0.3, -0.25) is 33.0 Å². The Hall–Kier alpha value is -4.11. The van der Waals surface area contributed by atoms with Crippen LogP contribution in [0.4, 0.5) is 10.5 Å². The van der Waals surface area contributed by atoms with Crippen LogP contribution in [0.2, 0.25) is 0 Å². The van der Waals surface area contributed by atoms with Crippen molar-refractivity contribution in [2.24, 2.45) is 0 Å². The Labute approximate surface area is 450 Å². The van der Waals surface area contributed by atoms with Crippen molar-refractivity contribution in [3.63, 3.8) is 0 Å². The Kier molecular flexibility index (Phi) is 40.2. The molecule has 2 rings (SSSR count). The summed E-state index contributed by atoms with van der Waals surface area (Å²) in [6.45, 7) is 2.95. The van der Waals surface area contributed by atoms with Gasteiger partial charge in [0.2, 0.25) is 5.91 Å². The SMILES string of the molecule is CCCCCCCCCCCCCCCCCC(=O)OC[C@H](COP(=O)(O)OCCNC(=O)OCCNC(=O)CCCc1ccc(N2C(=O)C=CC2=O)cc1)OC(=O)CCCCCCCCCCCCCCCCC. The first-order valence-corrected chi connectivity index (χ1v) is 30.7. The number of hydrogen-bond acceptors (Lipinski definition) is 12. The van der Waals surface area contributed by atoms with Crippen molar-refractivity contribution in [3.05, 3.63) is 42.0 Å². The van der Waals surface area contributed by atoms with Gasteiger partial charge in [-0.2, -0.15) is 0 Å².